The van der Waals surface area contributed by atoms with Crippen LogP contribution in [0.5, 0.6) is 17.2 Å². The van der Waals surface area contributed by atoms with Gasteiger partial charge in [-0.15, -0.1) is 0 Å². The molecule has 4 rings (SSSR count). The highest BCUT2D eigenvalue weighted by atomic mass is 16.5. The van der Waals surface area contributed by atoms with Gasteiger partial charge in [-0.3, -0.25) is 14.5 Å². The Morgan fingerprint density at radius 2 is 1.50 bits per heavy atom. The number of methoxy groups -OCH3 is 3. The number of imide groups is 1. The van der Waals surface area contributed by atoms with Crippen molar-refractivity contribution in [2.24, 2.45) is 0 Å². The SMILES string of the molecule is COc1ccc(CCN2C(=O)C(c3ccccc3OC)=C(N3CCCC3)C2=O)cc1OC. The van der Waals surface area contributed by atoms with E-state index in [4.69, 9.17) is 14.2 Å². The minimum absolute atomic E-state index is 0.238. The third-order valence-electron chi connectivity index (χ3n) is 6.01. The maximum Gasteiger partial charge on any atom is 0.277 e. The number of amides is 2. The highest BCUT2D eigenvalue weighted by molar-refractivity contribution is 6.36. The smallest absolute Gasteiger partial charge is 0.277 e. The molecule has 2 aromatic rings. The van der Waals surface area contributed by atoms with Gasteiger partial charge in [0.2, 0.25) is 0 Å². The molecule has 1 fully saturated rings. The van der Waals surface area contributed by atoms with E-state index in [1.807, 2.05) is 47.4 Å². The monoisotopic (exact) mass is 436 g/mol. The minimum atomic E-state index is -0.276. The standard InChI is InChI=1S/C25H28N2O5/c1-30-19-9-5-4-8-18(19)22-23(26-13-6-7-14-26)25(29)27(24(22)28)15-12-17-10-11-20(31-2)21(16-17)32-3/h4-5,8-11,16H,6-7,12-15H2,1-3H3. The number of hydrogen-bond donors (Lipinski definition) is 0. The summed E-state index contributed by atoms with van der Waals surface area (Å²) in [5.41, 5.74) is 2.53. The Labute approximate surface area is 188 Å². The summed E-state index contributed by atoms with van der Waals surface area (Å²) in [6.45, 7) is 1.83. The van der Waals surface area contributed by atoms with Gasteiger partial charge in [0.1, 0.15) is 11.4 Å². The first-order valence-corrected chi connectivity index (χ1v) is 10.8. The van der Waals surface area contributed by atoms with Gasteiger partial charge in [-0.2, -0.15) is 0 Å². The molecule has 2 aromatic carbocycles. The predicted molar refractivity (Wildman–Crippen MR) is 121 cm³/mol. The molecular formula is C25H28N2O5. The van der Waals surface area contributed by atoms with Crippen molar-refractivity contribution in [1.82, 2.24) is 9.80 Å². The summed E-state index contributed by atoms with van der Waals surface area (Å²) < 4.78 is 16.2. The van der Waals surface area contributed by atoms with Crippen LogP contribution in [-0.2, 0) is 16.0 Å². The van der Waals surface area contributed by atoms with E-state index in [0.29, 0.717) is 40.5 Å². The molecule has 0 N–H and O–H groups in total. The van der Waals surface area contributed by atoms with Crippen LogP contribution in [0.25, 0.3) is 5.57 Å². The van der Waals surface area contributed by atoms with Crippen LogP contribution in [0, 0.1) is 0 Å². The van der Waals surface area contributed by atoms with Crippen molar-refractivity contribution in [2.75, 3.05) is 41.0 Å². The molecule has 0 aliphatic carbocycles. The average Bonchev–Trinajstić information content (AvgIpc) is 3.43. The maximum atomic E-state index is 13.5. The van der Waals surface area contributed by atoms with Crippen LogP contribution in [0.3, 0.4) is 0 Å². The summed E-state index contributed by atoms with van der Waals surface area (Å²) >= 11 is 0. The Hall–Kier alpha value is -3.48. The second-order valence-corrected chi connectivity index (χ2v) is 7.82. The number of carbonyl (C=O) groups is 2. The first-order chi connectivity index (χ1) is 15.6. The Kier molecular flexibility index (Phi) is 6.35. The Morgan fingerprint density at radius 1 is 0.812 bits per heavy atom. The molecule has 7 nitrogen and oxygen atoms in total. The summed E-state index contributed by atoms with van der Waals surface area (Å²) in [4.78, 5) is 30.4. The normalized spacial score (nSPS) is 16.2. The molecule has 1 saturated heterocycles. The molecule has 2 heterocycles. The summed E-state index contributed by atoms with van der Waals surface area (Å²) in [5, 5.41) is 0. The van der Waals surface area contributed by atoms with E-state index in [0.717, 1.165) is 31.5 Å². The second-order valence-electron chi connectivity index (χ2n) is 7.82. The minimum Gasteiger partial charge on any atom is -0.496 e. The van der Waals surface area contributed by atoms with Crippen LogP contribution in [-0.4, -0.2) is 62.6 Å². The molecule has 0 bridgehead atoms. The van der Waals surface area contributed by atoms with Crippen molar-refractivity contribution < 1.29 is 23.8 Å². The number of rotatable bonds is 8. The molecule has 0 unspecified atom stereocenters. The van der Waals surface area contributed by atoms with Crippen molar-refractivity contribution in [1.29, 1.82) is 0 Å². The molecule has 0 saturated carbocycles. The lowest BCUT2D eigenvalue weighted by Crippen LogP contribution is -2.36. The van der Waals surface area contributed by atoms with Crippen molar-refractivity contribution in [3.8, 4) is 17.2 Å². The lowest BCUT2D eigenvalue weighted by Gasteiger charge is -2.20. The zero-order valence-corrected chi connectivity index (χ0v) is 18.7. The molecule has 168 valence electrons. The Bertz CT molecular complexity index is 1060. The summed E-state index contributed by atoms with van der Waals surface area (Å²) in [6, 6.07) is 13.0. The van der Waals surface area contributed by atoms with Gasteiger partial charge in [-0.25, -0.2) is 0 Å². The fourth-order valence-electron chi connectivity index (χ4n) is 4.37. The van der Waals surface area contributed by atoms with Gasteiger partial charge in [0.25, 0.3) is 11.8 Å². The third kappa shape index (κ3) is 3.90. The van der Waals surface area contributed by atoms with Gasteiger partial charge < -0.3 is 19.1 Å². The Balaban J connectivity index is 1.63. The number of nitrogens with zero attached hydrogens (tertiary/aromatic N) is 2. The largest absolute Gasteiger partial charge is 0.496 e. The molecule has 2 aliphatic rings. The average molecular weight is 437 g/mol. The fourth-order valence-corrected chi connectivity index (χ4v) is 4.37. The highest BCUT2D eigenvalue weighted by Crippen LogP contribution is 2.37. The van der Waals surface area contributed by atoms with Crippen LogP contribution in [0.1, 0.15) is 24.0 Å². The highest BCUT2D eigenvalue weighted by Gasteiger charge is 2.42. The van der Waals surface area contributed by atoms with E-state index in [1.165, 1.54) is 4.90 Å². The van der Waals surface area contributed by atoms with E-state index < -0.39 is 0 Å². The lowest BCUT2D eigenvalue weighted by atomic mass is 10.0. The maximum absolute atomic E-state index is 13.5. The van der Waals surface area contributed by atoms with Crippen LogP contribution >= 0.6 is 0 Å². The molecule has 2 amide bonds. The molecule has 32 heavy (non-hydrogen) atoms. The molecular weight excluding hydrogens is 408 g/mol. The van der Waals surface area contributed by atoms with E-state index >= 15 is 0 Å². The van der Waals surface area contributed by atoms with Crippen LogP contribution < -0.4 is 14.2 Å². The van der Waals surface area contributed by atoms with Gasteiger partial charge in [0.05, 0.1) is 26.9 Å². The predicted octanol–water partition coefficient (Wildman–Crippen LogP) is 3.13. The molecule has 7 heteroatoms. The zero-order chi connectivity index (χ0) is 22.7. The molecule has 0 spiro atoms. The molecule has 0 radical (unpaired) electrons. The Morgan fingerprint density at radius 3 is 2.19 bits per heavy atom. The molecule has 0 aromatic heterocycles. The van der Waals surface area contributed by atoms with E-state index in [9.17, 15) is 9.59 Å². The lowest BCUT2D eigenvalue weighted by molar-refractivity contribution is -0.137. The van der Waals surface area contributed by atoms with Gasteiger partial charge in [-0.05, 0) is 43.0 Å². The first kappa shape index (κ1) is 21.7. The van der Waals surface area contributed by atoms with Crippen molar-refractivity contribution in [3.05, 3.63) is 59.3 Å². The van der Waals surface area contributed by atoms with Gasteiger partial charge in [0, 0.05) is 25.2 Å². The topological polar surface area (TPSA) is 68.3 Å². The van der Waals surface area contributed by atoms with Crippen molar-refractivity contribution >= 4 is 17.4 Å². The van der Waals surface area contributed by atoms with Crippen molar-refractivity contribution in [2.45, 2.75) is 19.3 Å². The van der Waals surface area contributed by atoms with Gasteiger partial charge >= 0.3 is 0 Å². The van der Waals surface area contributed by atoms with Crippen LogP contribution in [0.2, 0.25) is 0 Å². The van der Waals surface area contributed by atoms with Crippen molar-refractivity contribution in [3.63, 3.8) is 0 Å². The second kappa shape index (κ2) is 9.34. The summed E-state index contributed by atoms with van der Waals surface area (Å²) in [5.74, 6) is 1.33. The number of ether oxygens (including phenoxy) is 3. The number of carbonyl (C=O) groups excluding carboxylic acids is 2. The van der Waals surface area contributed by atoms with Gasteiger partial charge in [0.15, 0.2) is 11.5 Å². The van der Waals surface area contributed by atoms with E-state index in [2.05, 4.69) is 0 Å². The van der Waals surface area contributed by atoms with E-state index in [1.54, 1.807) is 21.3 Å². The quantitative estimate of drug-likeness (QED) is 0.593. The summed E-state index contributed by atoms with van der Waals surface area (Å²) in [6.07, 6.45) is 2.54. The first-order valence-electron chi connectivity index (χ1n) is 10.8. The summed E-state index contributed by atoms with van der Waals surface area (Å²) in [7, 11) is 4.75. The number of para-hydroxylation sites is 1. The van der Waals surface area contributed by atoms with Gasteiger partial charge in [-0.1, -0.05) is 24.3 Å². The van der Waals surface area contributed by atoms with Crippen LogP contribution in [0.15, 0.2) is 48.2 Å². The fraction of sp³-hybridized carbons (Fsp3) is 0.360. The number of hydrogen-bond acceptors (Lipinski definition) is 6. The van der Waals surface area contributed by atoms with Crippen LogP contribution in [0.4, 0.5) is 0 Å². The van der Waals surface area contributed by atoms with E-state index in [-0.39, 0.29) is 18.4 Å². The zero-order valence-electron chi connectivity index (χ0n) is 18.7. The number of likely N-dealkylation sites (tertiary alicyclic amines) is 1. The third-order valence-corrected chi connectivity index (χ3v) is 6.01. The molecule has 2 aliphatic heterocycles. The number of benzene rings is 2. The molecule has 0 atom stereocenters.